The van der Waals surface area contributed by atoms with E-state index >= 15 is 0 Å². The first-order valence-corrected chi connectivity index (χ1v) is 5.87. The summed E-state index contributed by atoms with van der Waals surface area (Å²) in [5, 5.41) is 4.36. The van der Waals surface area contributed by atoms with Gasteiger partial charge < -0.3 is 5.73 Å². The van der Waals surface area contributed by atoms with Gasteiger partial charge in [0, 0.05) is 6.54 Å². The third-order valence-corrected chi connectivity index (χ3v) is 3.45. The summed E-state index contributed by atoms with van der Waals surface area (Å²) in [6.07, 6.45) is 0. The van der Waals surface area contributed by atoms with Crippen LogP contribution in [-0.2, 0) is 16.6 Å². The van der Waals surface area contributed by atoms with Crippen LogP contribution in [0.25, 0.3) is 0 Å². The molecule has 0 heterocycles. The second-order valence-corrected chi connectivity index (χ2v) is 5.02. The van der Waals surface area contributed by atoms with Crippen molar-refractivity contribution in [2.75, 3.05) is 0 Å². The van der Waals surface area contributed by atoms with E-state index in [1.54, 1.807) is 25.1 Å². The predicted octanol–water partition coefficient (Wildman–Crippen LogP) is 0.495. The Morgan fingerprint density at radius 1 is 1.36 bits per heavy atom. The Bertz CT molecular complexity index is 415. The van der Waals surface area contributed by atoms with Gasteiger partial charge in [0.1, 0.15) is 0 Å². The van der Waals surface area contributed by atoms with Crippen LogP contribution in [0.15, 0.2) is 24.3 Å². The third kappa shape index (κ3) is 2.31. The van der Waals surface area contributed by atoms with Gasteiger partial charge in [-0.05, 0) is 18.1 Å². The molecule has 0 spiro atoms. The van der Waals surface area contributed by atoms with E-state index in [4.69, 9.17) is 10.9 Å². The van der Waals surface area contributed by atoms with Crippen molar-refractivity contribution in [2.45, 2.75) is 18.7 Å². The highest BCUT2D eigenvalue weighted by Gasteiger charge is 2.19. The van der Waals surface area contributed by atoms with Crippen molar-refractivity contribution in [3.05, 3.63) is 35.4 Å². The molecule has 0 aromatic heterocycles. The van der Waals surface area contributed by atoms with E-state index in [0.29, 0.717) is 12.1 Å². The topological polar surface area (TPSA) is 86.2 Å². The molecule has 1 aromatic carbocycles. The number of benzene rings is 1. The lowest BCUT2D eigenvalue weighted by Gasteiger charge is -2.13. The van der Waals surface area contributed by atoms with Gasteiger partial charge in [0.25, 0.3) is 0 Å². The lowest BCUT2D eigenvalue weighted by Crippen LogP contribution is -2.20. The standard InChI is InChI=1S/C9H14N2O2S/c1-7(14(11,12)13)9-5-3-2-4-8(9)6-10/h2-5,7H,6,10H2,1H3,(H2,11,12,13). The van der Waals surface area contributed by atoms with Gasteiger partial charge in [-0.1, -0.05) is 24.3 Å². The van der Waals surface area contributed by atoms with E-state index in [2.05, 4.69) is 0 Å². The van der Waals surface area contributed by atoms with E-state index in [0.717, 1.165) is 5.56 Å². The molecular formula is C9H14N2O2S. The van der Waals surface area contributed by atoms with Crippen LogP contribution in [0.4, 0.5) is 0 Å². The Kier molecular flexibility index (Phi) is 3.25. The van der Waals surface area contributed by atoms with Crippen LogP contribution < -0.4 is 10.9 Å². The van der Waals surface area contributed by atoms with Gasteiger partial charge in [-0.25, -0.2) is 13.6 Å². The minimum absolute atomic E-state index is 0.316. The number of hydrogen-bond acceptors (Lipinski definition) is 3. The fourth-order valence-electron chi connectivity index (χ4n) is 1.29. The highest BCUT2D eigenvalue weighted by Crippen LogP contribution is 2.22. The molecule has 1 atom stereocenters. The zero-order valence-corrected chi connectivity index (χ0v) is 8.79. The lowest BCUT2D eigenvalue weighted by molar-refractivity contribution is 0.587. The molecule has 0 radical (unpaired) electrons. The molecule has 0 saturated heterocycles. The SMILES string of the molecule is CC(c1ccccc1CN)S(N)(=O)=O. The molecule has 78 valence electrons. The molecule has 0 amide bonds. The van der Waals surface area contributed by atoms with Crippen LogP contribution >= 0.6 is 0 Å². The number of primary sulfonamides is 1. The number of rotatable bonds is 3. The maximum Gasteiger partial charge on any atom is 0.215 e. The highest BCUT2D eigenvalue weighted by molar-refractivity contribution is 7.89. The summed E-state index contributed by atoms with van der Waals surface area (Å²) >= 11 is 0. The summed E-state index contributed by atoms with van der Waals surface area (Å²) < 4.78 is 22.3. The van der Waals surface area contributed by atoms with E-state index in [-0.39, 0.29) is 0 Å². The average Bonchev–Trinajstić information content (AvgIpc) is 2.15. The fourth-order valence-corrected chi connectivity index (χ4v) is 1.88. The zero-order valence-electron chi connectivity index (χ0n) is 7.97. The first-order chi connectivity index (χ1) is 6.46. The summed E-state index contributed by atoms with van der Waals surface area (Å²) in [7, 11) is -3.54. The summed E-state index contributed by atoms with van der Waals surface area (Å²) in [6, 6.07) is 7.13. The van der Waals surface area contributed by atoms with Crippen molar-refractivity contribution in [1.29, 1.82) is 0 Å². The van der Waals surface area contributed by atoms with Gasteiger partial charge >= 0.3 is 0 Å². The Morgan fingerprint density at radius 2 is 1.93 bits per heavy atom. The van der Waals surface area contributed by atoms with Crippen molar-refractivity contribution < 1.29 is 8.42 Å². The van der Waals surface area contributed by atoms with Crippen molar-refractivity contribution in [3.8, 4) is 0 Å². The van der Waals surface area contributed by atoms with Gasteiger partial charge in [-0.2, -0.15) is 0 Å². The normalized spacial score (nSPS) is 13.9. The van der Waals surface area contributed by atoms with Crippen LogP contribution in [0.5, 0.6) is 0 Å². The first kappa shape index (κ1) is 11.2. The molecule has 0 aliphatic carbocycles. The second kappa shape index (κ2) is 4.08. The zero-order chi connectivity index (χ0) is 10.8. The molecule has 5 heteroatoms. The number of hydrogen-bond donors (Lipinski definition) is 2. The summed E-state index contributed by atoms with van der Waals surface area (Å²) in [5.74, 6) is 0. The monoisotopic (exact) mass is 214 g/mol. The van der Waals surface area contributed by atoms with Crippen LogP contribution in [0.2, 0.25) is 0 Å². The van der Waals surface area contributed by atoms with Gasteiger partial charge in [-0.15, -0.1) is 0 Å². The Labute approximate surface area is 84.0 Å². The quantitative estimate of drug-likeness (QED) is 0.768. The molecule has 1 unspecified atom stereocenters. The molecule has 0 saturated carbocycles. The predicted molar refractivity (Wildman–Crippen MR) is 55.9 cm³/mol. The van der Waals surface area contributed by atoms with Crippen LogP contribution in [0.3, 0.4) is 0 Å². The van der Waals surface area contributed by atoms with Gasteiger partial charge in [0.05, 0.1) is 5.25 Å². The van der Waals surface area contributed by atoms with Gasteiger partial charge in [0.2, 0.25) is 10.0 Å². The van der Waals surface area contributed by atoms with Crippen molar-refractivity contribution >= 4 is 10.0 Å². The molecule has 4 N–H and O–H groups in total. The van der Waals surface area contributed by atoms with Crippen molar-refractivity contribution in [2.24, 2.45) is 10.9 Å². The minimum Gasteiger partial charge on any atom is -0.326 e. The molecule has 0 aliphatic heterocycles. The number of nitrogens with two attached hydrogens (primary N) is 2. The largest absolute Gasteiger partial charge is 0.326 e. The molecule has 0 aliphatic rings. The maximum absolute atomic E-state index is 11.1. The molecule has 1 rings (SSSR count). The van der Waals surface area contributed by atoms with E-state index in [1.165, 1.54) is 0 Å². The molecule has 14 heavy (non-hydrogen) atoms. The first-order valence-electron chi connectivity index (χ1n) is 4.26. The van der Waals surface area contributed by atoms with Crippen molar-refractivity contribution in [1.82, 2.24) is 0 Å². The molecule has 4 nitrogen and oxygen atoms in total. The van der Waals surface area contributed by atoms with E-state index < -0.39 is 15.3 Å². The summed E-state index contributed by atoms with van der Waals surface area (Å²) in [6.45, 7) is 1.87. The van der Waals surface area contributed by atoms with Crippen LogP contribution in [-0.4, -0.2) is 8.42 Å². The van der Waals surface area contributed by atoms with Gasteiger partial charge in [0.15, 0.2) is 0 Å². The lowest BCUT2D eigenvalue weighted by atomic mass is 10.1. The smallest absolute Gasteiger partial charge is 0.215 e. The Balaban J connectivity index is 3.19. The summed E-state index contributed by atoms with van der Waals surface area (Å²) in [4.78, 5) is 0. The molecule has 1 aromatic rings. The van der Waals surface area contributed by atoms with Gasteiger partial charge in [-0.3, -0.25) is 0 Å². The Hall–Kier alpha value is -0.910. The Morgan fingerprint density at radius 3 is 2.43 bits per heavy atom. The minimum atomic E-state index is -3.54. The van der Waals surface area contributed by atoms with E-state index in [1.807, 2.05) is 6.07 Å². The summed E-state index contributed by atoms with van der Waals surface area (Å²) in [5.41, 5.74) is 6.99. The van der Waals surface area contributed by atoms with Crippen LogP contribution in [0.1, 0.15) is 23.3 Å². The molecular weight excluding hydrogens is 200 g/mol. The van der Waals surface area contributed by atoms with E-state index in [9.17, 15) is 8.42 Å². The third-order valence-electron chi connectivity index (χ3n) is 2.21. The molecule has 0 fully saturated rings. The molecule has 0 bridgehead atoms. The highest BCUT2D eigenvalue weighted by atomic mass is 32.2. The van der Waals surface area contributed by atoms with Crippen molar-refractivity contribution in [3.63, 3.8) is 0 Å². The van der Waals surface area contributed by atoms with Crippen LogP contribution in [0, 0.1) is 0 Å². The second-order valence-electron chi connectivity index (χ2n) is 3.13. The maximum atomic E-state index is 11.1. The number of sulfonamides is 1. The fraction of sp³-hybridized carbons (Fsp3) is 0.333. The average molecular weight is 214 g/mol.